The van der Waals surface area contributed by atoms with E-state index in [0.29, 0.717) is 0 Å². The summed E-state index contributed by atoms with van der Waals surface area (Å²) < 4.78 is 18.2. The van der Waals surface area contributed by atoms with Crippen molar-refractivity contribution in [1.82, 2.24) is 5.32 Å². The molecule has 0 bridgehead atoms. The van der Waals surface area contributed by atoms with Crippen molar-refractivity contribution in [3.8, 4) is 0 Å². The normalized spacial score (nSPS) is 14.5. The van der Waals surface area contributed by atoms with Crippen molar-refractivity contribution >= 4 is 11.1 Å². The first-order valence-corrected chi connectivity index (χ1v) is 3.71. The highest BCUT2D eigenvalue weighted by Gasteiger charge is 1.93. The van der Waals surface area contributed by atoms with Gasteiger partial charge in [0.25, 0.3) is 0 Å². The van der Waals surface area contributed by atoms with E-state index in [-0.39, 0.29) is 11.9 Å². The zero-order chi connectivity index (χ0) is 6.57. The van der Waals surface area contributed by atoms with Gasteiger partial charge in [0.1, 0.15) is 0 Å². The fourth-order valence-electron chi connectivity index (χ4n) is 0.238. The van der Waals surface area contributed by atoms with Gasteiger partial charge < -0.3 is 9.87 Å². The van der Waals surface area contributed by atoms with Crippen molar-refractivity contribution in [2.45, 2.75) is 19.9 Å². The maximum atomic E-state index is 9.95. The zero-order valence-corrected chi connectivity index (χ0v) is 5.86. The third-order valence-corrected chi connectivity index (χ3v) is 1.03. The Hall–Kier alpha value is 0.0700. The van der Waals surface area contributed by atoms with Crippen LogP contribution in [0.5, 0.6) is 0 Å². The van der Waals surface area contributed by atoms with Gasteiger partial charge in [-0.2, -0.15) is 0 Å². The molecule has 0 aliphatic heterocycles. The van der Waals surface area contributed by atoms with Gasteiger partial charge in [-0.25, -0.2) is 4.21 Å². The summed E-state index contributed by atoms with van der Waals surface area (Å²) in [5.74, 6) is 0.164. The monoisotopic (exact) mass is 137 g/mol. The Balaban J connectivity index is 3.05. The van der Waals surface area contributed by atoms with E-state index in [9.17, 15) is 4.21 Å². The van der Waals surface area contributed by atoms with E-state index >= 15 is 0 Å². The molecule has 0 aromatic carbocycles. The van der Waals surface area contributed by atoms with Gasteiger partial charge in [0.05, 0.1) is 5.88 Å². The second kappa shape index (κ2) is 4.00. The number of rotatable bonds is 3. The van der Waals surface area contributed by atoms with E-state index in [4.69, 9.17) is 4.55 Å². The van der Waals surface area contributed by atoms with E-state index in [0.717, 1.165) is 0 Å². The first kappa shape index (κ1) is 8.07. The lowest BCUT2D eigenvalue weighted by molar-refractivity contribution is 0.545. The molecule has 50 valence electrons. The quantitative estimate of drug-likeness (QED) is 0.545. The third kappa shape index (κ3) is 6.07. The minimum absolute atomic E-state index is 0.164. The molecule has 3 nitrogen and oxygen atoms in total. The van der Waals surface area contributed by atoms with Gasteiger partial charge in [0.2, 0.25) is 0 Å². The van der Waals surface area contributed by atoms with Gasteiger partial charge in [0.15, 0.2) is 11.1 Å². The van der Waals surface area contributed by atoms with Crippen LogP contribution in [0.15, 0.2) is 0 Å². The van der Waals surface area contributed by atoms with E-state index in [1.807, 2.05) is 13.8 Å². The molecule has 1 atom stereocenters. The standard InChI is InChI=1S/C4H11NO2S/c1-4(2)5-3-8(6)7/h4-5H,3H2,1-2H3,(H,6,7). The van der Waals surface area contributed by atoms with Crippen LogP contribution in [-0.2, 0) is 11.1 Å². The van der Waals surface area contributed by atoms with Gasteiger partial charge in [-0.15, -0.1) is 0 Å². The Kier molecular flexibility index (Phi) is 4.03. The van der Waals surface area contributed by atoms with E-state index < -0.39 is 11.1 Å². The lowest BCUT2D eigenvalue weighted by Crippen LogP contribution is -2.26. The molecule has 0 fully saturated rings. The smallest absolute Gasteiger partial charge is 0.167 e. The molecule has 0 aliphatic rings. The first-order valence-electron chi connectivity index (χ1n) is 2.43. The molecule has 0 rings (SSSR count). The molecule has 0 aromatic rings. The van der Waals surface area contributed by atoms with Crippen LogP contribution < -0.4 is 5.32 Å². The summed E-state index contributed by atoms with van der Waals surface area (Å²) in [6.07, 6.45) is 0. The summed E-state index contributed by atoms with van der Waals surface area (Å²) in [6, 6.07) is 0.283. The molecule has 1 unspecified atom stereocenters. The molecule has 0 radical (unpaired) electrons. The van der Waals surface area contributed by atoms with Crippen LogP contribution in [0.3, 0.4) is 0 Å². The molecule has 0 aliphatic carbocycles. The highest BCUT2D eigenvalue weighted by molar-refractivity contribution is 7.79. The molecular formula is C4H11NO2S. The van der Waals surface area contributed by atoms with Crippen molar-refractivity contribution in [2.24, 2.45) is 0 Å². The SMILES string of the molecule is CC(C)NCS(=O)O. The molecule has 4 heteroatoms. The molecule has 0 amide bonds. The Morgan fingerprint density at radius 1 is 1.75 bits per heavy atom. The van der Waals surface area contributed by atoms with Crippen molar-refractivity contribution in [1.29, 1.82) is 0 Å². The third-order valence-electron chi connectivity index (χ3n) is 0.615. The number of nitrogens with one attached hydrogen (secondary N) is 1. The van der Waals surface area contributed by atoms with Crippen LogP contribution in [0.1, 0.15) is 13.8 Å². The zero-order valence-electron chi connectivity index (χ0n) is 5.05. The summed E-state index contributed by atoms with van der Waals surface area (Å²) >= 11 is -1.70. The maximum absolute atomic E-state index is 9.95. The summed E-state index contributed by atoms with van der Waals surface area (Å²) in [7, 11) is 0. The van der Waals surface area contributed by atoms with Crippen LogP contribution in [0.25, 0.3) is 0 Å². The molecule has 0 saturated carbocycles. The maximum Gasteiger partial charge on any atom is 0.167 e. The fourth-order valence-corrected chi connectivity index (χ4v) is 0.714. The highest BCUT2D eigenvalue weighted by atomic mass is 32.2. The second-order valence-corrected chi connectivity index (χ2v) is 2.76. The topological polar surface area (TPSA) is 49.3 Å². The minimum atomic E-state index is -1.70. The van der Waals surface area contributed by atoms with Gasteiger partial charge in [-0.1, -0.05) is 13.8 Å². The lowest BCUT2D eigenvalue weighted by Gasteiger charge is -2.02. The summed E-state index contributed by atoms with van der Waals surface area (Å²) in [5, 5.41) is 2.79. The molecule has 0 saturated heterocycles. The lowest BCUT2D eigenvalue weighted by atomic mass is 10.4. The van der Waals surface area contributed by atoms with Gasteiger partial charge in [-0.3, -0.25) is 0 Å². The van der Waals surface area contributed by atoms with Crippen molar-refractivity contribution < 1.29 is 8.76 Å². The van der Waals surface area contributed by atoms with Crippen molar-refractivity contribution in [3.63, 3.8) is 0 Å². The van der Waals surface area contributed by atoms with E-state index in [1.54, 1.807) is 0 Å². The highest BCUT2D eigenvalue weighted by Crippen LogP contribution is 1.75. The predicted molar refractivity (Wildman–Crippen MR) is 33.9 cm³/mol. The molecule has 8 heavy (non-hydrogen) atoms. The van der Waals surface area contributed by atoms with E-state index in [1.165, 1.54) is 0 Å². The molecule has 0 aromatic heterocycles. The van der Waals surface area contributed by atoms with Crippen LogP contribution in [0.2, 0.25) is 0 Å². The fraction of sp³-hybridized carbons (Fsp3) is 1.00. The average molecular weight is 137 g/mol. The Morgan fingerprint density at radius 2 is 2.25 bits per heavy atom. The van der Waals surface area contributed by atoms with Crippen LogP contribution in [-0.4, -0.2) is 20.7 Å². The largest absolute Gasteiger partial charge is 0.305 e. The van der Waals surface area contributed by atoms with Crippen LogP contribution in [0, 0.1) is 0 Å². The average Bonchev–Trinajstić information content (AvgIpc) is 1.61. The Bertz CT molecular complexity index is 84.1. The minimum Gasteiger partial charge on any atom is -0.305 e. The summed E-state index contributed by atoms with van der Waals surface area (Å²) in [6.45, 7) is 3.85. The summed E-state index contributed by atoms with van der Waals surface area (Å²) in [4.78, 5) is 0. The summed E-state index contributed by atoms with van der Waals surface area (Å²) in [5.41, 5.74) is 0. The van der Waals surface area contributed by atoms with E-state index in [2.05, 4.69) is 5.32 Å². The van der Waals surface area contributed by atoms with Crippen molar-refractivity contribution in [2.75, 3.05) is 5.88 Å². The van der Waals surface area contributed by atoms with Gasteiger partial charge >= 0.3 is 0 Å². The first-order chi connectivity index (χ1) is 3.63. The molecule has 0 heterocycles. The second-order valence-electron chi connectivity index (χ2n) is 1.82. The van der Waals surface area contributed by atoms with Crippen LogP contribution >= 0.6 is 0 Å². The molecular weight excluding hydrogens is 126 g/mol. The van der Waals surface area contributed by atoms with Crippen molar-refractivity contribution in [3.05, 3.63) is 0 Å². The Morgan fingerprint density at radius 3 is 2.38 bits per heavy atom. The Labute approximate surface area is 51.8 Å². The molecule has 2 N–H and O–H groups in total. The van der Waals surface area contributed by atoms with Crippen LogP contribution in [0.4, 0.5) is 0 Å². The predicted octanol–water partition coefficient (Wildman–Crippen LogP) is 0.164. The number of hydrogen-bond acceptors (Lipinski definition) is 2. The molecule has 0 spiro atoms. The number of hydrogen-bond donors (Lipinski definition) is 2. The van der Waals surface area contributed by atoms with Gasteiger partial charge in [0, 0.05) is 6.04 Å². The van der Waals surface area contributed by atoms with Gasteiger partial charge in [-0.05, 0) is 0 Å².